The molecular weight excluding hydrogens is 286 g/mol. The van der Waals surface area contributed by atoms with Gasteiger partial charge in [-0.3, -0.25) is 0 Å². The van der Waals surface area contributed by atoms with Gasteiger partial charge in [0.05, 0.1) is 0 Å². The fraction of sp³-hybridized carbons (Fsp3) is 0.350. The molecule has 0 bridgehead atoms. The van der Waals surface area contributed by atoms with E-state index in [2.05, 4.69) is 78.6 Å². The minimum atomic E-state index is 1.10. The number of benzene rings is 1. The summed E-state index contributed by atoms with van der Waals surface area (Å²) in [6.07, 6.45) is 13.9. The third kappa shape index (κ3) is 5.34. The van der Waals surface area contributed by atoms with E-state index in [1.807, 2.05) is 0 Å². The van der Waals surface area contributed by atoms with Crippen LogP contribution in [0.5, 0.6) is 0 Å². The first kappa shape index (κ1) is 16.8. The Balaban J connectivity index is 2.02. The normalized spacial score (nSPS) is 11.2. The first-order valence-electron chi connectivity index (χ1n) is 8.14. The van der Waals surface area contributed by atoms with Crippen molar-refractivity contribution >= 4 is 23.9 Å². The van der Waals surface area contributed by atoms with Crippen LogP contribution >= 0.6 is 11.8 Å². The molecule has 116 valence electrons. The van der Waals surface area contributed by atoms with E-state index < -0.39 is 0 Å². The Bertz CT molecular complexity index is 587. The first-order valence-corrected chi connectivity index (χ1v) is 9.36. The van der Waals surface area contributed by atoms with Gasteiger partial charge in [-0.1, -0.05) is 31.9 Å². The summed E-state index contributed by atoms with van der Waals surface area (Å²) in [6, 6.07) is 15.1. The van der Waals surface area contributed by atoms with E-state index in [4.69, 9.17) is 0 Å². The predicted octanol–water partition coefficient (Wildman–Crippen LogP) is 5.45. The molecule has 0 radical (unpaired) electrons. The second-order valence-corrected chi connectivity index (χ2v) is 6.37. The largest absolute Gasteiger partial charge is 0.205 e. The van der Waals surface area contributed by atoms with Gasteiger partial charge in [0.1, 0.15) is 6.54 Å². The molecule has 2 rings (SSSR count). The van der Waals surface area contributed by atoms with Crippen LogP contribution in [-0.4, -0.2) is 6.26 Å². The van der Waals surface area contributed by atoms with E-state index in [0.717, 1.165) is 6.54 Å². The van der Waals surface area contributed by atoms with Gasteiger partial charge < -0.3 is 0 Å². The van der Waals surface area contributed by atoms with Crippen molar-refractivity contribution in [3.8, 4) is 0 Å². The molecule has 0 aliphatic rings. The molecule has 0 saturated carbocycles. The van der Waals surface area contributed by atoms with E-state index in [1.54, 1.807) is 11.8 Å². The Morgan fingerprint density at radius 3 is 2.50 bits per heavy atom. The molecule has 0 unspecified atom stereocenters. The standard InChI is InChI=1S/C20H26NS/c1-3-4-5-7-16-21-17-8-6-9-19(21)13-10-18-11-14-20(22-2)15-12-18/h6,8-15,17H,3-5,7,16H2,1-2H3/q+1. The summed E-state index contributed by atoms with van der Waals surface area (Å²) in [5.41, 5.74) is 2.52. The van der Waals surface area contributed by atoms with E-state index in [9.17, 15) is 0 Å². The van der Waals surface area contributed by atoms with Gasteiger partial charge in [-0.15, -0.1) is 11.8 Å². The van der Waals surface area contributed by atoms with Crippen LogP contribution in [0.2, 0.25) is 0 Å². The maximum Gasteiger partial charge on any atom is 0.205 e. The van der Waals surface area contributed by atoms with Crippen molar-refractivity contribution in [2.45, 2.75) is 44.0 Å². The lowest BCUT2D eigenvalue weighted by atomic mass is 10.2. The summed E-state index contributed by atoms with van der Waals surface area (Å²) in [5.74, 6) is 0. The van der Waals surface area contributed by atoms with Crippen molar-refractivity contribution in [2.24, 2.45) is 0 Å². The van der Waals surface area contributed by atoms with Crippen LogP contribution in [0.3, 0.4) is 0 Å². The number of rotatable bonds is 8. The fourth-order valence-corrected chi connectivity index (χ4v) is 2.86. The molecule has 2 heteroatoms. The summed E-state index contributed by atoms with van der Waals surface area (Å²) < 4.78 is 2.35. The van der Waals surface area contributed by atoms with Crippen LogP contribution in [0.4, 0.5) is 0 Å². The van der Waals surface area contributed by atoms with Crippen molar-refractivity contribution in [2.75, 3.05) is 6.26 Å². The molecule has 0 spiro atoms. The van der Waals surface area contributed by atoms with Crippen molar-refractivity contribution in [1.82, 2.24) is 0 Å². The second-order valence-electron chi connectivity index (χ2n) is 5.49. The number of unbranched alkanes of at least 4 members (excludes halogenated alkanes) is 3. The highest BCUT2D eigenvalue weighted by molar-refractivity contribution is 7.98. The summed E-state index contributed by atoms with van der Waals surface area (Å²) in [4.78, 5) is 1.31. The molecule has 0 saturated heterocycles. The van der Waals surface area contributed by atoms with Crippen LogP contribution in [0, 0.1) is 0 Å². The minimum Gasteiger partial charge on any atom is -0.199 e. The Kier molecular flexibility index (Phi) is 7.24. The summed E-state index contributed by atoms with van der Waals surface area (Å²) in [6.45, 7) is 3.36. The molecule has 0 N–H and O–H groups in total. The maximum atomic E-state index is 2.35. The average Bonchev–Trinajstić information content (AvgIpc) is 2.58. The summed E-state index contributed by atoms with van der Waals surface area (Å²) >= 11 is 1.78. The highest BCUT2D eigenvalue weighted by Crippen LogP contribution is 2.16. The van der Waals surface area contributed by atoms with E-state index >= 15 is 0 Å². The second kappa shape index (κ2) is 9.47. The van der Waals surface area contributed by atoms with E-state index in [1.165, 1.54) is 41.8 Å². The van der Waals surface area contributed by atoms with Crippen LogP contribution in [0.15, 0.2) is 53.6 Å². The summed E-state index contributed by atoms with van der Waals surface area (Å²) in [5, 5.41) is 0. The molecule has 2 aromatic rings. The molecular formula is C20H26NS+. The molecule has 1 nitrogen and oxygen atoms in total. The lowest BCUT2D eigenvalue weighted by Gasteiger charge is -2.01. The van der Waals surface area contributed by atoms with Crippen LogP contribution in [-0.2, 0) is 6.54 Å². The van der Waals surface area contributed by atoms with E-state index in [0.29, 0.717) is 0 Å². The van der Waals surface area contributed by atoms with Gasteiger partial charge in [0.15, 0.2) is 6.20 Å². The Morgan fingerprint density at radius 2 is 1.77 bits per heavy atom. The monoisotopic (exact) mass is 312 g/mol. The van der Waals surface area contributed by atoms with Gasteiger partial charge in [-0.2, -0.15) is 4.57 Å². The van der Waals surface area contributed by atoms with Gasteiger partial charge in [0.25, 0.3) is 0 Å². The average molecular weight is 313 g/mol. The number of hydrogen-bond donors (Lipinski definition) is 0. The van der Waals surface area contributed by atoms with Crippen molar-refractivity contribution in [3.05, 3.63) is 59.9 Å². The lowest BCUT2D eigenvalue weighted by Crippen LogP contribution is -2.36. The summed E-state index contributed by atoms with van der Waals surface area (Å²) in [7, 11) is 0. The molecule has 0 amide bonds. The van der Waals surface area contributed by atoms with Gasteiger partial charge in [0, 0.05) is 29.5 Å². The minimum absolute atomic E-state index is 1.10. The zero-order chi connectivity index (χ0) is 15.6. The van der Waals surface area contributed by atoms with Crippen LogP contribution in [0.1, 0.15) is 43.9 Å². The maximum absolute atomic E-state index is 2.35. The zero-order valence-corrected chi connectivity index (χ0v) is 14.5. The van der Waals surface area contributed by atoms with Crippen molar-refractivity contribution in [3.63, 3.8) is 0 Å². The van der Waals surface area contributed by atoms with Gasteiger partial charge in [-0.25, -0.2) is 0 Å². The number of hydrogen-bond acceptors (Lipinski definition) is 1. The number of aromatic nitrogens is 1. The number of pyridine rings is 1. The van der Waals surface area contributed by atoms with Crippen molar-refractivity contribution < 1.29 is 4.57 Å². The third-order valence-corrected chi connectivity index (χ3v) is 4.53. The van der Waals surface area contributed by atoms with Gasteiger partial charge in [0.2, 0.25) is 5.69 Å². The van der Waals surface area contributed by atoms with Crippen molar-refractivity contribution in [1.29, 1.82) is 0 Å². The third-order valence-electron chi connectivity index (χ3n) is 3.79. The lowest BCUT2D eigenvalue weighted by molar-refractivity contribution is -0.699. The predicted molar refractivity (Wildman–Crippen MR) is 97.9 cm³/mol. The first-order chi connectivity index (χ1) is 10.8. The molecule has 0 fully saturated rings. The van der Waals surface area contributed by atoms with E-state index in [-0.39, 0.29) is 0 Å². The Labute approximate surface area is 139 Å². The molecule has 1 aromatic carbocycles. The smallest absolute Gasteiger partial charge is 0.199 e. The molecule has 0 aliphatic carbocycles. The Morgan fingerprint density at radius 1 is 0.955 bits per heavy atom. The van der Waals surface area contributed by atoms with Gasteiger partial charge in [-0.05, 0) is 42.5 Å². The highest BCUT2D eigenvalue weighted by Gasteiger charge is 2.05. The molecule has 22 heavy (non-hydrogen) atoms. The van der Waals surface area contributed by atoms with Crippen LogP contribution in [0.25, 0.3) is 12.2 Å². The SMILES string of the molecule is CCCCCC[n+]1ccccc1C=Cc1ccc(SC)cc1. The molecule has 0 atom stereocenters. The quantitative estimate of drug-likeness (QED) is 0.356. The molecule has 1 heterocycles. The van der Waals surface area contributed by atoms with Crippen LogP contribution < -0.4 is 4.57 Å². The zero-order valence-electron chi connectivity index (χ0n) is 13.7. The Hall–Kier alpha value is -1.54. The molecule has 0 aliphatic heterocycles. The fourth-order valence-electron chi connectivity index (χ4n) is 2.45. The number of thioether (sulfide) groups is 1. The number of aryl methyl sites for hydroxylation is 1. The number of nitrogens with zero attached hydrogens (tertiary/aromatic N) is 1. The topological polar surface area (TPSA) is 3.88 Å². The highest BCUT2D eigenvalue weighted by atomic mass is 32.2. The molecule has 1 aromatic heterocycles. The van der Waals surface area contributed by atoms with Gasteiger partial charge >= 0.3 is 0 Å².